The van der Waals surface area contributed by atoms with Gasteiger partial charge in [-0.05, 0) is 18.8 Å². The van der Waals surface area contributed by atoms with Gasteiger partial charge in [-0.15, -0.1) is 29.5 Å². The Morgan fingerprint density at radius 3 is 3.08 bits per heavy atom. The third-order valence-electron chi connectivity index (χ3n) is 1.69. The highest BCUT2D eigenvalue weighted by molar-refractivity contribution is 7.09. The van der Waals surface area contributed by atoms with Crippen molar-refractivity contribution in [2.75, 3.05) is 5.88 Å². The normalized spacial score (nSPS) is 12.8. The number of rotatable bonds is 5. The largest absolute Gasteiger partial charge is 0.253 e. The van der Waals surface area contributed by atoms with E-state index in [1.54, 1.807) is 11.3 Å². The Balaban J connectivity index is 2.42. The Hall–Kier alpha value is -0.340. The summed E-state index contributed by atoms with van der Waals surface area (Å²) >= 11 is 7.49. The number of halogens is 1. The molecule has 66 valence electrons. The predicted octanol–water partition coefficient (Wildman–Crippen LogP) is 3.12. The molecule has 0 N–H and O–H groups in total. The van der Waals surface area contributed by atoms with Gasteiger partial charge in [0.2, 0.25) is 0 Å². The standard InChI is InChI=1S/C9H12ClNS/c1-2-3-8(5-10)4-9-6-11-7-12-9/h2,6-8H,1,3-5H2. The Bertz CT molecular complexity index is 220. The fraction of sp³-hybridized carbons (Fsp3) is 0.444. The van der Waals surface area contributed by atoms with Crippen molar-refractivity contribution in [1.82, 2.24) is 4.98 Å². The quantitative estimate of drug-likeness (QED) is 0.527. The highest BCUT2D eigenvalue weighted by atomic mass is 35.5. The summed E-state index contributed by atoms with van der Waals surface area (Å²) in [5.41, 5.74) is 1.86. The molecule has 0 aliphatic rings. The van der Waals surface area contributed by atoms with E-state index in [-0.39, 0.29) is 0 Å². The first-order valence-electron chi connectivity index (χ1n) is 3.91. The molecule has 0 aliphatic carbocycles. The van der Waals surface area contributed by atoms with Crippen LogP contribution in [0.2, 0.25) is 0 Å². The van der Waals surface area contributed by atoms with E-state index in [2.05, 4.69) is 11.6 Å². The summed E-state index contributed by atoms with van der Waals surface area (Å²) < 4.78 is 0. The molecule has 0 aromatic carbocycles. The van der Waals surface area contributed by atoms with E-state index in [1.165, 1.54) is 4.88 Å². The van der Waals surface area contributed by atoms with Crippen LogP contribution in [0.25, 0.3) is 0 Å². The van der Waals surface area contributed by atoms with E-state index in [0.29, 0.717) is 11.8 Å². The van der Waals surface area contributed by atoms with Crippen LogP contribution in [0.1, 0.15) is 11.3 Å². The van der Waals surface area contributed by atoms with Gasteiger partial charge in [0.25, 0.3) is 0 Å². The topological polar surface area (TPSA) is 12.9 Å². The Morgan fingerprint density at radius 2 is 2.58 bits per heavy atom. The molecule has 3 heteroatoms. The monoisotopic (exact) mass is 201 g/mol. The fourth-order valence-electron chi connectivity index (χ4n) is 1.06. The highest BCUT2D eigenvalue weighted by Crippen LogP contribution is 2.16. The molecule has 1 aromatic heterocycles. The second-order valence-corrected chi connectivity index (χ2v) is 4.00. The van der Waals surface area contributed by atoms with Gasteiger partial charge < -0.3 is 0 Å². The van der Waals surface area contributed by atoms with Crippen molar-refractivity contribution in [2.24, 2.45) is 5.92 Å². The van der Waals surface area contributed by atoms with Gasteiger partial charge in [0.05, 0.1) is 5.51 Å². The van der Waals surface area contributed by atoms with Crippen LogP contribution in [0.3, 0.4) is 0 Å². The van der Waals surface area contributed by atoms with Crippen molar-refractivity contribution in [3.63, 3.8) is 0 Å². The van der Waals surface area contributed by atoms with E-state index >= 15 is 0 Å². The van der Waals surface area contributed by atoms with Crippen LogP contribution >= 0.6 is 22.9 Å². The predicted molar refractivity (Wildman–Crippen MR) is 54.8 cm³/mol. The molecule has 12 heavy (non-hydrogen) atoms. The molecule has 1 atom stereocenters. The zero-order valence-electron chi connectivity index (χ0n) is 6.87. The van der Waals surface area contributed by atoms with Crippen LogP contribution in [-0.4, -0.2) is 10.9 Å². The first-order chi connectivity index (χ1) is 5.86. The third-order valence-corrected chi connectivity index (χ3v) is 2.93. The minimum atomic E-state index is 0.518. The molecule has 1 nitrogen and oxygen atoms in total. The summed E-state index contributed by atoms with van der Waals surface area (Å²) in [7, 11) is 0. The third kappa shape index (κ3) is 2.95. The number of nitrogens with zero attached hydrogens (tertiary/aromatic N) is 1. The maximum absolute atomic E-state index is 5.80. The number of aromatic nitrogens is 1. The van der Waals surface area contributed by atoms with E-state index in [0.717, 1.165) is 12.8 Å². The lowest BCUT2D eigenvalue weighted by Crippen LogP contribution is -2.03. The zero-order chi connectivity index (χ0) is 8.81. The lowest BCUT2D eigenvalue weighted by atomic mass is 10.0. The van der Waals surface area contributed by atoms with Crippen LogP contribution in [0.5, 0.6) is 0 Å². The van der Waals surface area contributed by atoms with Crippen molar-refractivity contribution >= 4 is 22.9 Å². The molecule has 0 radical (unpaired) electrons. The van der Waals surface area contributed by atoms with Gasteiger partial charge in [-0.2, -0.15) is 0 Å². The number of allylic oxidation sites excluding steroid dienone is 1. The molecule has 1 heterocycles. The molecular formula is C9H12ClNS. The minimum Gasteiger partial charge on any atom is -0.253 e. The molecule has 0 saturated carbocycles. The molecule has 0 aliphatic heterocycles. The zero-order valence-corrected chi connectivity index (χ0v) is 8.44. The van der Waals surface area contributed by atoms with Crippen molar-refractivity contribution < 1.29 is 0 Å². The van der Waals surface area contributed by atoms with Gasteiger partial charge in [-0.3, -0.25) is 4.98 Å². The summed E-state index contributed by atoms with van der Waals surface area (Å²) in [6.45, 7) is 3.71. The average Bonchev–Trinajstić information content (AvgIpc) is 2.56. The summed E-state index contributed by atoms with van der Waals surface area (Å²) in [5.74, 6) is 1.22. The van der Waals surface area contributed by atoms with Crippen molar-refractivity contribution in [3.05, 3.63) is 29.2 Å². The second kappa shape index (κ2) is 5.33. The summed E-state index contributed by atoms with van der Waals surface area (Å²) in [5, 5.41) is 0. The summed E-state index contributed by atoms with van der Waals surface area (Å²) in [6.07, 6.45) is 5.85. The van der Waals surface area contributed by atoms with Crippen molar-refractivity contribution in [2.45, 2.75) is 12.8 Å². The number of hydrogen-bond donors (Lipinski definition) is 0. The Labute approximate surface area is 82.1 Å². The minimum absolute atomic E-state index is 0.518. The SMILES string of the molecule is C=CCC(CCl)Cc1cncs1. The van der Waals surface area contributed by atoms with E-state index in [1.807, 2.05) is 17.8 Å². The molecule has 0 bridgehead atoms. The average molecular weight is 202 g/mol. The van der Waals surface area contributed by atoms with Gasteiger partial charge in [-0.1, -0.05) is 6.08 Å². The smallest absolute Gasteiger partial charge is 0.0794 e. The molecule has 1 aromatic rings. The molecular weight excluding hydrogens is 190 g/mol. The van der Waals surface area contributed by atoms with Crippen molar-refractivity contribution in [3.8, 4) is 0 Å². The van der Waals surface area contributed by atoms with E-state index < -0.39 is 0 Å². The molecule has 1 unspecified atom stereocenters. The van der Waals surface area contributed by atoms with Gasteiger partial charge in [0, 0.05) is 17.0 Å². The number of hydrogen-bond acceptors (Lipinski definition) is 2. The molecule has 0 saturated heterocycles. The lowest BCUT2D eigenvalue weighted by Gasteiger charge is -2.08. The number of alkyl halides is 1. The van der Waals surface area contributed by atoms with Gasteiger partial charge in [0.15, 0.2) is 0 Å². The van der Waals surface area contributed by atoms with Gasteiger partial charge in [0.1, 0.15) is 0 Å². The Kier molecular flexibility index (Phi) is 4.33. The van der Waals surface area contributed by atoms with Crippen LogP contribution in [0.15, 0.2) is 24.4 Å². The number of thiazole rings is 1. The van der Waals surface area contributed by atoms with Crippen LogP contribution in [-0.2, 0) is 6.42 Å². The van der Waals surface area contributed by atoms with Crippen LogP contribution in [0.4, 0.5) is 0 Å². The molecule has 1 rings (SSSR count). The summed E-state index contributed by atoms with van der Waals surface area (Å²) in [4.78, 5) is 5.33. The van der Waals surface area contributed by atoms with Crippen molar-refractivity contribution in [1.29, 1.82) is 0 Å². The lowest BCUT2D eigenvalue weighted by molar-refractivity contribution is 0.602. The van der Waals surface area contributed by atoms with E-state index in [4.69, 9.17) is 11.6 Å². The maximum atomic E-state index is 5.80. The van der Waals surface area contributed by atoms with Crippen LogP contribution < -0.4 is 0 Å². The van der Waals surface area contributed by atoms with Gasteiger partial charge in [-0.25, -0.2) is 0 Å². The molecule has 0 amide bonds. The second-order valence-electron chi connectivity index (χ2n) is 2.72. The maximum Gasteiger partial charge on any atom is 0.0794 e. The first kappa shape index (κ1) is 9.75. The van der Waals surface area contributed by atoms with E-state index in [9.17, 15) is 0 Å². The fourth-order valence-corrected chi connectivity index (χ4v) is 2.01. The van der Waals surface area contributed by atoms with Gasteiger partial charge >= 0.3 is 0 Å². The molecule has 0 fully saturated rings. The van der Waals surface area contributed by atoms with Crippen LogP contribution in [0, 0.1) is 5.92 Å². The Morgan fingerprint density at radius 1 is 1.75 bits per heavy atom. The highest BCUT2D eigenvalue weighted by Gasteiger charge is 2.07. The summed E-state index contributed by atoms with van der Waals surface area (Å²) in [6, 6.07) is 0. The molecule has 0 spiro atoms. The first-order valence-corrected chi connectivity index (χ1v) is 5.32.